The van der Waals surface area contributed by atoms with E-state index in [9.17, 15) is 4.39 Å². The van der Waals surface area contributed by atoms with E-state index in [4.69, 9.17) is 6.42 Å². The first-order chi connectivity index (χ1) is 5.33. The smallest absolute Gasteiger partial charge is 0.123 e. The van der Waals surface area contributed by atoms with Crippen LogP contribution in [-0.4, -0.2) is 0 Å². The van der Waals surface area contributed by atoms with Crippen molar-refractivity contribution >= 4 is 0 Å². The standard InChI is InChI=1S/C9H8FN/c1-2-11-7-8-3-5-9(10)6-4-8/h1,3-6,11H,7H2. The molecule has 0 spiro atoms. The molecule has 0 atom stereocenters. The van der Waals surface area contributed by atoms with Crippen LogP contribution in [0.15, 0.2) is 24.3 Å². The maximum atomic E-state index is 12.3. The van der Waals surface area contributed by atoms with Gasteiger partial charge < -0.3 is 5.32 Å². The molecule has 1 aromatic carbocycles. The molecule has 0 radical (unpaired) electrons. The van der Waals surface area contributed by atoms with Crippen molar-refractivity contribution in [3.63, 3.8) is 0 Å². The highest BCUT2D eigenvalue weighted by Crippen LogP contribution is 2.01. The number of hydrogen-bond donors (Lipinski definition) is 1. The average molecular weight is 149 g/mol. The first kappa shape index (κ1) is 7.62. The monoisotopic (exact) mass is 149 g/mol. The van der Waals surface area contributed by atoms with E-state index >= 15 is 0 Å². The molecule has 1 nitrogen and oxygen atoms in total. The van der Waals surface area contributed by atoms with Gasteiger partial charge in [0.05, 0.1) is 0 Å². The molecule has 0 saturated heterocycles. The number of benzene rings is 1. The van der Waals surface area contributed by atoms with Crippen LogP contribution in [0.4, 0.5) is 4.39 Å². The van der Waals surface area contributed by atoms with Crippen LogP contribution in [0.25, 0.3) is 0 Å². The number of nitrogens with one attached hydrogen (secondary N) is 1. The molecule has 0 heterocycles. The van der Waals surface area contributed by atoms with E-state index in [1.807, 2.05) is 0 Å². The Hall–Kier alpha value is -1.49. The van der Waals surface area contributed by atoms with Gasteiger partial charge in [0.15, 0.2) is 0 Å². The highest BCUT2D eigenvalue weighted by atomic mass is 19.1. The Balaban J connectivity index is 2.60. The lowest BCUT2D eigenvalue weighted by Crippen LogP contribution is -2.03. The molecule has 1 N–H and O–H groups in total. The zero-order chi connectivity index (χ0) is 8.10. The molecule has 0 unspecified atom stereocenters. The molecule has 11 heavy (non-hydrogen) atoms. The SMILES string of the molecule is C#CNCc1ccc(F)cc1. The zero-order valence-electron chi connectivity index (χ0n) is 5.97. The molecule has 2 heteroatoms. The lowest BCUT2D eigenvalue weighted by molar-refractivity contribution is 0.626. The van der Waals surface area contributed by atoms with E-state index in [-0.39, 0.29) is 5.82 Å². The van der Waals surface area contributed by atoms with E-state index in [0.29, 0.717) is 6.54 Å². The predicted molar refractivity (Wildman–Crippen MR) is 42.1 cm³/mol. The Labute approximate surface area is 65.2 Å². The van der Waals surface area contributed by atoms with Gasteiger partial charge in [-0.1, -0.05) is 18.6 Å². The van der Waals surface area contributed by atoms with Crippen molar-refractivity contribution in [2.24, 2.45) is 0 Å². The van der Waals surface area contributed by atoms with Crippen molar-refractivity contribution in [3.8, 4) is 12.5 Å². The Morgan fingerprint density at radius 3 is 2.55 bits per heavy atom. The summed E-state index contributed by atoms with van der Waals surface area (Å²) in [6.45, 7) is 0.580. The summed E-state index contributed by atoms with van der Waals surface area (Å²) in [6, 6.07) is 8.50. The van der Waals surface area contributed by atoms with Gasteiger partial charge in [-0.3, -0.25) is 0 Å². The molecule has 56 valence electrons. The highest BCUT2D eigenvalue weighted by Gasteiger charge is 1.90. The molecule has 0 bridgehead atoms. The predicted octanol–water partition coefficient (Wildman–Crippen LogP) is 1.51. The Kier molecular flexibility index (Phi) is 2.51. The normalized spacial score (nSPS) is 8.73. The van der Waals surface area contributed by atoms with E-state index < -0.39 is 0 Å². The van der Waals surface area contributed by atoms with Crippen LogP contribution in [0.1, 0.15) is 5.56 Å². The molecule has 0 aliphatic carbocycles. The topological polar surface area (TPSA) is 12.0 Å². The summed E-state index contributed by atoms with van der Waals surface area (Å²) in [5.74, 6) is -0.227. The van der Waals surface area contributed by atoms with E-state index in [0.717, 1.165) is 5.56 Å². The maximum Gasteiger partial charge on any atom is 0.123 e. The van der Waals surface area contributed by atoms with Crippen molar-refractivity contribution in [2.45, 2.75) is 6.54 Å². The highest BCUT2D eigenvalue weighted by molar-refractivity contribution is 5.16. The van der Waals surface area contributed by atoms with Crippen molar-refractivity contribution in [1.29, 1.82) is 0 Å². The fourth-order valence-corrected chi connectivity index (χ4v) is 0.755. The van der Waals surface area contributed by atoms with E-state index in [1.165, 1.54) is 12.1 Å². The van der Waals surface area contributed by atoms with Crippen LogP contribution in [-0.2, 0) is 6.54 Å². The van der Waals surface area contributed by atoms with E-state index in [2.05, 4.69) is 11.4 Å². The second-order valence-electron chi connectivity index (χ2n) is 2.12. The Morgan fingerprint density at radius 1 is 1.36 bits per heavy atom. The van der Waals surface area contributed by atoms with Gasteiger partial charge in [0.1, 0.15) is 5.82 Å². The summed E-state index contributed by atoms with van der Waals surface area (Å²) in [6.07, 6.45) is 4.97. The molecular weight excluding hydrogens is 141 g/mol. The number of hydrogen-bond acceptors (Lipinski definition) is 1. The minimum atomic E-state index is -0.227. The summed E-state index contributed by atoms with van der Waals surface area (Å²) >= 11 is 0. The van der Waals surface area contributed by atoms with Gasteiger partial charge in [0.2, 0.25) is 0 Å². The van der Waals surface area contributed by atoms with Crippen LogP contribution >= 0.6 is 0 Å². The van der Waals surface area contributed by atoms with Gasteiger partial charge in [-0.15, -0.1) is 0 Å². The molecular formula is C9H8FN. The van der Waals surface area contributed by atoms with Gasteiger partial charge in [-0.2, -0.15) is 0 Å². The third-order valence-corrected chi connectivity index (χ3v) is 1.31. The number of terminal acetylenes is 1. The Morgan fingerprint density at radius 2 is 2.00 bits per heavy atom. The summed E-state index contributed by atoms with van der Waals surface area (Å²) in [7, 11) is 0. The van der Waals surface area contributed by atoms with Crippen molar-refractivity contribution < 1.29 is 4.39 Å². The number of halogens is 1. The second kappa shape index (κ2) is 3.62. The maximum absolute atomic E-state index is 12.3. The lowest BCUT2D eigenvalue weighted by Gasteiger charge is -1.97. The molecule has 0 fully saturated rings. The van der Waals surface area contributed by atoms with Gasteiger partial charge in [-0.25, -0.2) is 4.39 Å². The number of rotatable bonds is 2. The van der Waals surface area contributed by atoms with Gasteiger partial charge >= 0.3 is 0 Å². The summed E-state index contributed by atoms with van der Waals surface area (Å²) < 4.78 is 12.3. The third kappa shape index (κ3) is 2.30. The van der Waals surface area contributed by atoms with Crippen molar-refractivity contribution in [3.05, 3.63) is 35.6 Å². The van der Waals surface area contributed by atoms with E-state index in [1.54, 1.807) is 12.1 Å². The zero-order valence-corrected chi connectivity index (χ0v) is 5.97. The van der Waals surface area contributed by atoms with Crippen molar-refractivity contribution in [1.82, 2.24) is 5.32 Å². The Bertz CT molecular complexity index is 258. The van der Waals surface area contributed by atoms with Crippen LogP contribution in [0, 0.1) is 18.3 Å². The van der Waals surface area contributed by atoms with Gasteiger partial charge in [0, 0.05) is 12.6 Å². The van der Waals surface area contributed by atoms with Crippen molar-refractivity contribution in [2.75, 3.05) is 0 Å². The minimum Gasteiger partial charge on any atom is -0.342 e. The third-order valence-electron chi connectivity index (χ3n) is 1.31. The van der Waals surface area contributed by atoms with Crippen LogP contribution in [0.3, 0.4) is 0 Å². The fraction of sp³-hybridized carbons (Fsp3) is 0.111. The quantitative estimate of drug-likeness (QED) is 0.496. The summed E-state index contributed by atoms with van der Waals surface area (Å²) in [5, 5.41) is 2.69. The molecule has 1 rings (SSSR count). The van der Waals surface area contributed by atoms with Gasteiger partial charge in [-0.05, 0) is 17.7 Å². The molecule has 0 aliphatic heterocycles. The first-order valence-electron chi connectivity index (χ1n) is 3.26. The lowest BCUT2D eigenvalue weighted by atomic mass is 10.2. The molecule has 0 aliphatic rings. The molecule has 0 amide bonds. The second-order valence-corrected chi connectivity index (χ2v) is 2.12. The minimum absolute atomic E-state index is 0.227. The summed E-state index contributed by atoms with van der Waals surface area (Å²) in [4.78, 5) is 0. The first-order valence-corrected chi connectivity index (χ1v) is 3.26. The molecule has 0 saturated carbocycles. The average Bonchev–Trinajstić information content (AvgIpc) is 2.04. The summed E-state index contributed by atoms with van der Waals surface area (Å²) in [5.41, 5.74) is 0.976. The van der Waals surface area contributed by atoms with Crippen LogP contribution in [0.5, 0.6) is 0 Å². The van der Waals surface area contributed by atoms with Crippen LogP contribution in [0.2, 0.25) is 0 Å². The molecule has 1 aromatic rings. The molecule has 0 aromatic heterocycles. The van der Waals surface area contributed by atoms with Gasteiger partial charge in [0.25, 0.3) is 0 Å². The largest absolute Gasteiger partial charge is 0.342 e. The van der Waals surface area contributed by atoms with Crippen LogP contribution < -0.4 is 5.32 Å². The fourth-order valence-electron chi connectivity index (χ4n) is 0.755.